The molecule has 2 atom stereocenters. The van der Waals surface area contributed by atoms with E-state index in [4.69, 9.17) is 14.2 Å². The minimum Gasteiger partial charge on any atom is -0.465 e. The van der Waals surface area contributed by atoms with Crippen molar-refractivity contribution in [3.8, 4) is 11.8 Å². The van der Waals surface area contributed by atoms with Gasteiger partial charge in [-0.05, 0) is 77.4 Å². The van der Waals surface area contributed by atoms with Crippen molar-refractivity contribution in [1.29, 1.82) is 5.26 Å². The number of alkyl halides is 2. The van der Waals surface area contributed by atoms with Crippen LogP contribution in [0.25, 0.3) is 0 Å². The lowest BCUT2D eigenvalue weighted by molar-refractivity contribution is -0.150. The van der Waals surface area contributed by atoms with Crippen LogP contribution in [0.5, 0.6) is 5.75 Å². The normalized spacial score (nSPS) is 15.4. The molecule has 2 N–H and O–H groups in total. The summed E-state index contributed by atoms with van der Waals surface area (Å²) in [7, 11) is 1.03. The first kappa shape index (κ1) is 39.1. The molecule has 0 spiro atoms. The van der Waals surface area contributed by atoms with Crippen LogP contribution in [0.15, 0.2) is 36.4 Å². The summed E-state index contributed by atoms with van der Waals surface area (Å²) in [5.74, 6) is -3.81. The van der Waals surface area contributed by atoms with E-state index in [0.29, 0.717) is 4.90 Å². The second-order valence-electron chi connectivity index (χ2n) is 12.8. The van der Waals surface area contributed by atoms with Gasteiger partial charge in [0.05, 0.1) is 37.6 Å². The van der Waals surface area contributed by atoms with E-state index in [9.17, 15) is 43.1 Å². The first-order valence-electron chi connectivity index (χ1n) is 15.1. The Morgan fingerprint density at radius 2 is 1.70 bits per heavy atom. The smallest absolute Gasteiger partial charge is 0.420 e. The molecular weight excluding hydrogens is 666 g/mol. The maximum atomic E-state index is 13.5. The molecule has 3 rings (SSSR count). The van der Waals surface area contributed by atoms with Crippen molar-refractivity contribution in [1.82, 2.24) is 4.90 Å². The Morgan fingerprint density at radius 1 is 1.08 bits per heavy atom. The van der Waals surface area contributed by atoms with Crippen LogP contribution in [0.4, 0.5) is 29.7 Å². The van der Waals surface area contributed by atoms with Crippen LogP contribution in [0.3, 0.4) is 0 Å². The summed E-state index contributed by atoms with van der Waals surface area (Å²) in [6, 6.07) is 9.50. The molecule has 4 amide bonds. The molecule has 1 saturated heterocycles. The number of esters is 1. The van der Waals surface area contributed by atoms with Gasteiger partial charge in [0.25, 0.3) is 11.8 Å². The molecular formula is C33H38F2N4O11. The Hall–Kier alpha value is -5.34. The fourth-order valence-corrected chi connectivity index (χ4v) is 4.57. The maximum absolute atomic E-state index is 13.5. The number of nitrogens with zero attached hydrogens (tertiary/aromatic N) is 3. The molecule has 0 radical (unpaired) electrons. The van der Waals surface area contributed by atoms with Crippen LogP contribution in [0.1, 0.15) is 63.0 Å². The summed E-state index contributed by atoms with van der Waals surface area (Å²) >= 11 is 0. The Kier molecular flexibility index (Phi) is 12.4. The van der Waals surface area contributed by atoms with Crippen molar-refractivity contribution in [3.63, 3.8) is 0 Å². The predicted molar refractivity (Wildman–Crippen MR) is 170 cm³/mol. The average Bonchev–Trinajstić information content (AvgIpc) is 3.01. The van der Waals surface area contributed by atoms with Crippen LogP contribution in [-0.4, -0.2) is 90.3 Å². The number of amides is 4. The lowest BCUT2D eigenvalue weighted by Crippen LogP contribution is -2.55. The minimum absolute atomic E-state index is 0.00473. The number of carbonyl (C=O) groups excluding carboxylic acids is 5. The SMILES string of the molecule is COC(=O)c1cccc(N2CCOC(C(O)C(=O)Nc3ccc(C#N)c(CN(C(=O)OC(C)(C)C)C(=O)OC(C)(C)C)c3)C2=O)c1OC(F)F. The van der Waals surface area contributed by atoms with E-state index in [1.807, 2.05) is 6.07 Å². The van der Waals surface area contributed by atoms with Crippen LogP contribution < -0.4 is 15.0 Å². The van der Waals surface area contributed by atoms with Gasteiger partial charge in [-0.3, -0.25) is 9.59 Å². The highest BCUT2D eigenvalue weighted by Crippen LogP contribution is 2.36. The molecule has 270 valence electrons. The number of carbonyl (C=O) groups is 5. The Balaban J connectivity index is 1.88. The number of aliphatic hydroxyl groups is 1. The largest absolute Gasteiger partial charge is 0.465 e. The molecule has 15 nitrogen and oxygen atoms in total. The van der Waals surface area contributed by atoms with Gasteiger partial charge in [0.2, 0.25) is 0 Å². The summed E-state index contributed by atoms with van der Waals surface area (Å²) in [5.41, 5.74) is -2.52. The van der Waals surface area contributed by atoms with E-state index in [0.717, 1.165) is 18.1 Å². The number of nitrogens with one attached hydrogen (secondary N) is 1. The lowest BCUT2D eigenvalue weighted by Gasteiger charge is -2.35. The predicted octanol–water partition coefficient (Wildman–Crippen LogP) is 4.35. The molecule has 1 aliphatic rings. The minimum atomic E-state index is -3.37. The molecule has 1 fully saturated rings. The van der Waals surface area contributed by atoms with E-state index < -0.39 is 77.8 Å². The number of imide groups is 1. The Bertz CT molecular complexity index is 1640. The molecule has 1 aliphatic heterocycles. The number of hydrogen-bond acceptors (Lipinski definition) is 12. The number of halogens is 2. The number of benzene rings is 2. The summed E-state index contributed by atoms with van der Waals surface area (Å²) in [6.45, 7) is 5.22. The van der Waals surface area contributed by atoms with Gasteiger partial charge in [0.1, 0.15) is 16.8 Å². The van der Waals surface area contributed by atoms with E-state index in [1.54, 1.807) is 41.5 Å². The van der Waals surface area contributed by atoms with Crippen molar-refractivity contribution >= 4 is 41.3 Å². The highest BCUT2D eigenvalue weighted by atomic mass is 19.3. The maximum Gasteiger partial charge on any atom is 0.420 e. The number of anilines is 2. The quantitative estimate of drug-likeness (QED) is 0.277. The van der Waals surface area contributed by atoms with Crippen molar-refractivity contribution in [3.05, 3.63) is 53.1 Å². The number of hydrogen-bond donors (Lipinski definition) is 2. The zero-order valence-electron chi connectivity index (χ0n) is 28.4. The highest BCUT2D eigenvalue weighted by Gasteiger charge is 2.41. The van der Waals surface area contributed by atoms with Gasteiger partial charge in [0, 0.05) is 12.2 Å². The first-order valence-corrected chi connectivity index (χ1v) is 15.1. The number of ether oxygens (including phenoxy) is 5. The molecule has 2 aromatic carbocycles. The third kappa shape index (κ3) is 10.1. The highest BCUT2D eigenvalue weighted by molar-refractivity contribution is 6.06. The van der Waals surface area contributed by atoms with Crippen LogP contribution in [-0.2, 0) is 35.1 Å². The summed E-state index contributed by atoms with van der Waals surface area (Å²) in [6.07, 6.45) is -6.08. The van der Waals surface area contributed by atoms with Gasteiger partial charge in [0.15, 0.2) is 18.0 Å². The number of para-hydroxylation sites is 1. The van der Waals surface area contributed by atoms with E-state index in [1.165, 1.54) is 30.3 Å². The van der Waals surface area contributed by atoms with Gasteiger partial charge in [-0.15, -0.1) is 0 Å². The van der Waals surface area contributed by atoms with Gasteiger partial charge < -0.3 is 39.0 Å². The van der Waals surface area contributed by atoms with Crippen molar-refractivity contribution in [2.75, 3.05) is 30.5 Å². The second kappa shape index (κ2) is 15.9. The number of nitriles is 1. The van der Waals surface area contributed by atoms with E-state index in [-0.39, 0.29) is 35.7 Å². The lowest BCUT2D eigenvalue weighted by atomic mass is 10.1. The van der Waals surface area contributed by atoms with Crippen molar-refractivity contribution in [2.24, 2.45) is 0 Å². The number of rotatable bonds is 9. The monoisotopic (exact) mass is 704 g/mol. The third-order valence-electron chi connectivity index (χ3n) is 6.62. The molecule has 50 heavy (non-hydrogen) atoms. The van der Waals surface area contributed by atoms with Crippen molar-refractivity contribution in [2.45, 2.75) is 78.1 Å². The van der Waals surface area contributed by atoms with Crippen LogP contribution in [0.2, 0.25) is 0 Å². The standard InChI is InChI=1S/C33H38F2N4O11/c1-32(2,3)49-30(44)39(31(45)50-33(4,5)6)17-19-15-20(12-11-18(19)16-36)37-26(41)23(40)25-27(42)38(13-14-47-25)22-10-8-9-21(28(43)46-7)24(22)48-29(34)35/h8-12,15,23,25,29,40H,13-14,17H2,1-7H3,(H,37,41). The van der Waals surface area contributed by atoms with Gasteiger partial charge in [-0.2, -0.15) is 14.0 Å². The molecule has 2 unspecified atom stereocenters. The molecule has 17 heteroatoms. The fourth-order valence-electron chi connectivity index (χ4n) is 4.57. The molecule has 0 aromatic heterocycles. The molecule has 2 aromatic rings. The van der Waals surface area contributed by atoms with Gasteiger partial charge in [-0.1, -0.05) is 6.07 Å². The molecule has 0 aliphatic carbocycles. The summed E-state index contributed by atoms with van der Waals surface area (Å²) in [5, 5.41) is 23.0. The topological polar surface area (TPSA) is 194 Å². The number of methoxy groups -OCH3 is 1. The second-order valence-corrected chi connectivity index (χ2v) is 12.8. The number of aliphatic hydroxyl groups excluding tert-OH is 1. The fraction of sp³-hybridized carbons (Fsp3) is 0.455. The summed E-state index contributed by atoms with van der Waals surface area (Å²) < 4.78 is 51.9. The number of morpholine rings is 1. The first-order chi connectivity index (χ1) is 23.3. The van der Waals surface area contributed by atoms with E-state index >= 15 is 0 Å². The Labute approximate surface area is 286 Å². The van der Waals surface area contributed by atoms with Gasteiger partial charge in [-0.25, -0.2) is 19.3 Å². The van der Waals surface area contributed by atoms with Gasteiger partial charge >= 0.3 is 24.8 Å². The zero-order valence-corrected chi connectivity index (χ0v) is 28.4. The van der Waals surface area contributed by atoms with Crippen LogP contribution >= 0.6 is 0 Å². The summed E-state index contributed by atoms with van der Waals surface area (Å²) in [4.78, 5) is 66.5. The van der Waals surface area contributed by atoms with Crippen molar-refractivity contribution < 1.29 is 61.5 Å². The third-order valence-corrected chi connectivity index (χ3v) is 6.62. The molecule has 1 heterocycles. The van der Waals surface area contributed by atoms with Crippen LogP contribution in [0, 0.1) is 11.3 Å². The Morgan fingerprint density at radius 3 is 2.24 bits per heavy atom. The molecule has 0 saturated carbocycles. The molecule has 0 bridgehead atoms. The average molecular weight is 705 g/mol. The van der Waals surface area contributed by atoms with E-state index in [2.05, 4.69) is 14.8 Å². The zero-order chi connectivity index (χ0) is 37.6.